The highest BCUT2D eigenvalue weighted by Crippen LogP contribution is 2.34. The summed E-state index contributed by atoms with van der Waals surface area (Å²) >= 11 is 0. The molecule has 0 spiro atoms. The van der Waals surface area contributed by atoms with Gasteiger partial charge in [-0.3, -0.25) is 4.79 Å². The minimum Gasteiger partial charge on any atom is -0.481 e. The lowest BCUT2D eigenvalue weighted by Gasteiger charge is -2.25. The van der Waals surface area contributed by atoms with E-state index in [1.54, 1.807) is 0 Å². The highest BCUT2D eigenvalue weighted by molar-refractivity contribution is 5.74. The molecule has 0 aromatic heterocycles. The zero-order chi connectivity index (χ0) is 15.5. The number of hydrogen-bond donors (Lipinski definition) is 3. The summed E-state index contributed by atoms with van der Waals surface area (Å²) in [6.07, 6.45) is 5.14. The van der Waals surface area contributed by atoms with Crippen LogP contribution in [-0.4, -0.2) is 41.9 Å². The number of aliphatic carboxylic acids is 1. The van der Waals surface area contributed by atoms with Gasteiger partial charge in [0.15, 0.2) is 0 Å². The van der Waals surface area contributed by atoms with Gasteiger partial charge in [-0.2, -0.15) is 0 Å². The van der Waals surface area contributed by atoms with E-state index in [0.717, 1.165) is 25.7 Å². The summed E-state index contributed by atoms with van der Waals surface area (Å²) in [5, 5.41) is 14.5. The number of nitrogens with one attached hydrogen (secondary N) is 2. The van der Waals surface area contributed by atoms with Crippen LogP contribution in [0.2, 0.25) is 0 Å². The van der Waals surface area contributed by atoms with Gasteiger partial charge >= 0.3 is 12.0 Å². The maximum atomic E-state index is 11.9. The fourth-order valence-corrected chi connectivity index (χ4v) is 3.09. The van der Waals surface area contributed by atoms with Gasteiger partial charge in [0.1, 0.15) is 0 Å². The minimum absolute atomic E-state index is 0.0821. The molecule has 120 valence electrons. The molecular weight excluding hydrogens is 272 g/mol. The minimum atomic E-state index is -0.773. The van der Waals surface area contributed by atoms with E-state index in [-0.39, 0.29) is 30.0 Å². The van der Waals surface area contributed by atoms with Crippen LogP contribution in [0, 0.1) is 5.41 Å². The van der Waals surface area contributed by atoms with Gasteiger partial charge in [0.2, 0.25) is 0 Å². The third kappa shape index (κ3) is 4.88. The number of fused-ring (bicyclic) bond motifs is 2. The molecule has 2 amide bonds. The molecule has 2 rings (SSSR count). The van der Waals surface area contributed by atoms with Crippen LogP contribution in [0.4, 0.5) is 4.79 Å². The SMILES string of the molecule is CC(C)(CCNC(=O)NC1CC2CCC1O2)CCC(=O)O. The van der Waals surface area contributed by atoms with Crippen LogP contribution in [0.1, 0.15) is 52.4 Å². The number of hydrogen-bond acceptors (Lipinski definition) is 3. The van der Waals surface area contributed by atoms with Crippen molar-refractivity contribution >= 4 is 12.0 Å². The van der Waals surface area contributed by atoms with E-state index < -0.39 is 5.97 Å². The number of urea groups is 1. The number of carbonyl (C=O) groups is 2. The normalized spacial score (nSPS) is 27.6. The Labute approximate surface area is 125 Å². The van der Waals surface area contributed by atoms with Gasteiger partial charge in [-0.05, 0) is 37.5 Å². The molecule has 3 N–H and O–H groups in total. The Hall–Kier alpha value is -1.30. The summed E-state index contributed by atoms with van der Waals surface area (Å²) in [5.74, 6) is -0.773. The van der Waals surface area contributed by atoms with Gasteiger partial charge in [-0.25, -0.2) is 4.79 Å². The van der Waals surface area contributed by atoms with Crippen molar-refractivity contribution in [3.05, 3.63) is 0 Å². The summed E-state index contributed by atoms with van der Waals surface area (Å²) in [4.78, 5) is 22.4. The first-order valence-corrected chi connectivity index (χ1v) is 7.77. The predicted molar refractivity (Wildman–Crippen MR) is 78.1 cm³/mol. The van der Waals surface area contributed by atoms with E-state index in [4.69, 9.17) is 9.84 Å². The molecule has 2 aliphatic rings. The summed E-state index contributed by atoms with van der Waals surface area (Å²) in [6.45, 7) is 4.61. The van der Waals surface area contributed by atoms with Gasteiger partial charge < -0.3 is 20.5 Å². The van der Waals surface area contributed by atoms with Crippen molar-refractivity contribution in [2.75, 3.05) is 6.54 Å². The third-order valence-corrected chi connectivity index (χ3v) is 4.53. The molecule has 0 radical (unpaired) electrons. The molecule has 6 heteroatoms. The molecule has 0 saturated carbocycles. The lowest BCUT2D eigenvalue weighted by atomic mass is 9.84. The molecule has 3 unspecified atom stereocenters. The van der Waals surface area contributed by atoms with E-state index in [9.17, 15) is 9.59 Å². The lowest BCUT2D eigenvalue weighted by Crippen LogP contribution is -2.46. The fourth-order valence-electron chi connectivity index (χ4n) is 3.09. The van der Waals surface area contributed by atoms with E-state index in [0.29, 0.717) is 19.1 Å². The summed E-state index contributed by atoms with van der Waals surface area (Å²) < 4.78 is 5.70. The summed E-state index contributed by atoms with van der Waals surface area (Å²) in [7, 11) is 0. The molecule has 0 aromatic carbocycles. The molecule has 6 nitrogen and oxygen atoms in total. The molecule has 0 aliphatic carbocycles. The standard InChI is InChI=1S/C15H26N2O4/c1-15(2,6-5-13(18)19)7-8-16-14(20)17-11-9-10-3-4-12(11)21-10/h10-12H,3-9H2,1-2H3,(H,18,19)(H2,16,17,20). The lowest BCUT2D eigenvalue weighted by molar-refractivity contribution is -0.137. The Kier molecular flexibility index (Phi) is 5.08. The second-order valence-corrected chi connectivity index (χ2v) is 6.92. The topological polar surface area (TPSA) is 87.7 Å². The van der Waals surface area contributed by atoms with Crippen LogP contribution < -0.4 is 10.6 Å². The Morgan fingerprint density at radius 1 is 1.29 bits per heavy atom. The van der Waals surface area contributed by atoms with Crippen molar-refractivity contribution in [2.45, 2.75) is 70.6 Å². The highest BCUT2D eigenvalue weighted by Gasteiger charge is 2.41. The Bertz CT molecular complexity index is 397. The third-order valence-electron chi connectivity index (χ3n) is 4.53. The second kappa shape index (κ2) is 6.64. The second-order valence-electron chi connectivity index (χ2n) is 6.92. The zero-order valence-electron chi connectivity index (χ0n) is 12.9. The molecule has 2 fully saturated rings. The van der Waals surface area contributed by atoms with Crippen LogP contribution in [0.3, 0.4) is 0 Å². The molecule has 2 bridgehead atoms. The summed E-state index contributed by atoms with van der Waals surface area (Å²) in [5.41, 5.74) is -0.0821. The van der Waals surface area contributed by atoms with E-state index >= 15 is 0 Å². The van der Waals surface area contributed by atoms with Crippen molar-refractivity contribution in [1.29, 1.82) is 0 Å². The number of amides is 2. The van der Waals surface area contributed by atoms with Crippen molar-refractivity contribution in [3.63, 3.8) is 0 Å². The monoisotopic (exact) mass is 298 g/mol. The van der Waals surface area contributed by atoms with E-state index in [1.165, 1.54) is 0 Å². The molecule has 21 heavy (non-hydrogen) atoms. The average molecular weight is 298 g/mol. The zero-order valence-corrected chi connectivity index (χ0v) is 12.9. The molecule has 3 atom stereocenters. The van der Waals surface area contributed by atoms with Crippen molar-refractivity contribution in [2.24, 2.45) is 5.41 Å². The van der Waals surface area contributed by atoms with Gasteiger partial charge in [-0.1, -0.05) is 13.8 Å². The van der Waals surface area contributed by atoms with Crippen LogP contribution in [0.25, 0.3) is 0 Å². The van der Waals surface area contributed by atoms with Crippen LogP contribution in [-0.2, 0) is 9.53 Å². The van der Waals surface area contributed by atoms with Gasteiger partial charge in [0.25, 0.3) is 0 Å². The molecular formula is C15H26N2O4. The number of rotatable bonds is 7. The van der Waals surface area contributed by atoms with Gasteiger partial charge in [-0.15, -0.1) is 0 Å². The average Bonchev–Trinajstić information content (AvgIpc) is 2.98. The van der Waals surface area contributed by atoms with Crippen molar-refractivity contribution in [1.82, 2.24) is 10.6 Å². The molecule has 2 saturated heterocycles. The summed E-state index contributed by atoms with van der Waals surface area (Å²) in [6, 6.07) is -0.00560. The van der Waals surface area contributed by atoms with Crippen molar-refractivity contribution in [3.8, 4) is 0 Å². The number of carboxylic acids is 1. The smallest absolute Gasteiger partial charge is 0.315 e. The molecule has 0 aromatic rings. The molecule has 2 aliphatic heterocycles. The number of ether oxygens (including phenoxy) is 1. The Balaban J connectivity index is 1.61. The van der Waals surface area contributed by atoms with Crippen LogP contribution in [0.15, 0.2) is 0 Å². The fraction of sp³-hybridized carbons (Fsp3) is 0.867. The van der Waals surface area contributed by atoms with Crippen LogP contribution in [0.5, 0.6) is 0 Å². The first-order chi connectivity index (χ1) is 9.85. The van der Waals surface area contributed by atoms with E-state index in [1.807, 2.05) is 13.8 Å². The first kappa shape index (κ1) is 16.1. The molecule has 2 heterocycles. The highest BCUT2D eigenvalue weighted by atomic mass is 16.5. The van der Waals surface area contributed by atoms with Crippen molar-refractivity contribution < 1.29 is 19.4 Å². The van der Waals surface area contributed by atoms with E-state index in [2.05, 4.69) is 10.6 Å². The van der Waals surface area contributed by atoms with Crippen LogP contribution >= 0.6 is 0 Å². The van der Waals surface area contributed by atoms with Gasteiger partial charge in [0.05, 0.1) is 18.2 Å². The quantitative estimate of drug-likeness (QED) is 0.669. The Morgan fingerprint density at radius 3 is 2.62 bits per heavy atom. The predicted octanol–water partition coefficient (Wildman–Crippen LogP) is 1.89. The number of carbonyl (C=O) groups excluding carboxylic acids is 1. The number of carboxylic acid groups (broad SMARTS) is 1. The van der Waals surface area contributed by atoms with Gasteiger partial charge in [0, 0.05) is 13.0 Å². The largest absolute Gasteiger partial charge is 0.481 e. The maximum absolute atomic E-state index is 11.9. The first-order valence-electron chi connectivity index (χ1n) is 7.77. The maximum Gasteiger partial charge on any atom is 0.315 e. The Morgan fingerprint density at radius 2 is 2.05 bits per heavy atom.